The van der Waals surface area contributed by atoms with Crippen molar-refractivity contribution in [3.05, 3.63) is 29.8 Å². The molecule has 17 heavy (non-hydrogen) atoms. The summed E-state index contributed by atoms with van der Waals surface area (Å²) >= 11 is 0. The lowest BCUT2D eigenvalue weighted by Crippen LogP contribution is -2.21. The molecule has 1 amide bonds. The van der Waals surface area contributed by atoms with Crippen LogP contribution in [0.5, 0.6) is 5.75 Å². The van der Waals surface area contributed by atoms with Gasteiger partial charge in [-0.1, -0.05) is 12.1 Å². The highest BCUT2D eigenvalue weighted by molar-refractivity contribution is 5.74. The lowest BCUT2D eigenvalue weighted by Gasteiger charge is -2.04. The van der Waals surface area contributed by atoms with Crippen LogP contribution in [0.2, 0.25) is 0 Å². The topological polar surface area (TPSA) is 47.6 Å². The van der Waals surface area contributed by atoms with Crippen LogP contribution in [0.4, 0.5) is 0 Å². The van der Waals surface area contributed by atoms with Crippen molar-refractivity contribution in [1.29, 1.82) is 0 Å². The van der Waals surface area contributed by atoms with E-state index in [0.717, 1.165) is 25.0 Å². The zero-order chi connectivity index (χ0) is 12.5. The number of ether oxygens (including phenoxy) is 1. The smallest absolute Gasteiger partial charge is 0.243 e. The van der Waals surface area contributed by atoms with E-state index in [1.807, 2.05) is 24.3 Å². The molecule has 0 unspecified atom stereocenters. The van der Waals surface area contributed by atoms with Gasteiger partial charge in [0.05, 0.1) is 14.2 Å². The molecule has 0 saturated heterocycles. The molecule has 0 aliphatic heterocycles. The lowest BCUT2D eigenvalue weighted by atomic mass is 10.1. The number of methoxy groups -OCH3 is 1. The van der Waals surface area contributed by atoms with Gasteiger partial charge in [-0.15, -0.1) is 0 Å². The van der Waals surface area contributed by atoms with E-state index in [4.69, 9.17) is 4.74 Å². The van der Waals surface area contributed by atoms with Crippen LogP contribution >= 0.6 is 0 Å². The van der Waals surface area contributed by atoms with Gasteiger partial charge in [-0.05, 0) is 37.0 Å². The Morgan fingerprint density at radius 2 is 1.88 bits per heavy atom. The number of hydrogen-bond donors (Lipinski definition) is 1. The fraction of sp³-hybridized carbons (Fsp3) is 0.462. The molecule has 1 N–H and O–H groups in total. The Morgan fingerprint density at radius 1 is 1.18 bits per heavy atom. The molecule has 1 rings (SSSR count). The Labute approximate surface area is 102 Å². The van der Waals surface area contributed by atoms with Crippen molar-refractivity contribution < 1.29 is 14.4 Å². The molecule has 0 spiro atoms. The largest absolute Gasteiger partial charge is 0.497 e. The monoisotopic (exact) mass is 237 g/mol. The summed E-state index contributed by atoms with van der Waals surface area (Å²) in [6.07, 6.45) is 3.33. The Kier molecular flexibility index (Phi) is 6.10. The third-order valence-corrected chi connectivity index (χ3v) is 2.49. The van der Waals surface area contributed by atoms with Gasteiger partial charge in [0.15, 0.2) is 0 Å². The summed E-state index contributed by atoms with van der Waals surface area (Å²) in [7, 11) is 3.10. The standard InChI is InChI=1S/C13H19NO3/c1-16-12-9-7-11(8-10-12)5-3-4-6-13(15)14-17-2/h7-10H,3-6H2,1-2H3,(H,14,15). The van der Waals surface area contributed by atoms with E-state index in [9.17, 15) is 4.79 Å². The summed E-state index contributed by atoms with van der Waals surface area (Å²) in [5.41, 5.74) is 3.57. The minimum Gasteiger partial charge on any atom is -0.497 e. The van der Waals surface area contributed by atoms with Crippen molar-refractivity contribution in [1.82, 2.24) is 5.48 Å². The van der Waals surface area contributed by atoms with E-state index in [1.54, 1.807) is 7.11 Å². The molecule has 0 fully saturated rings. The molecular formula is C13H19NO3. The Bertz CT molecular complexity index is 335. The van der Waals surface area contributed by atoms with Crippen molar-refractivity contribution >= 4 is 5.91 Å². The Balaban J connectivity index is 2.19. The second kappa shape index (κ2) is 7.68. The zero-order valence-corrected chi connectivity index (χ0v) is 10.4. The summed E-state index contributed by atoms with van der Waals surface area (Å²) in [6, 6.07) is 8.00. The van der Waals surface area contributed by atoms with Gasteiger partial charge in [0.1, 0.15) is 5.75 Å². The average molecular weight is 237 g/mol. The molecule has 0 atom stereocenters. The molecule has 4 heteroatoms. The SMILES string of the molecule is CONC(=O)CCCCc1ccc(OC)cc1. The highest BCUT2D eigenvalue weighted by Gasteiger charge is 2.00. The minimum absolute atomic E-state index is 0.0674. The summed E-state index contributed by atoms with van der Waals surface area (Å²) in [6.45, 7) is 0. The minimum atomic E-state index is -0.0674. The highest BCUT2D eigenvalue weighted by atomic mass is 16.6. The molecule has 94 valence electrons. The van der Waals surface area contributed by atoms with Crippen molar-refractivity contribution in [3.63, 3.8) is 0 Å². The van der Waals surface area contributed by atoms with E-state index in [0.29, 0.717) is 6.42 Å². The molecule has 0 aliphatic carbocycles. The van der Waals surface area contributed by atoms with Crippen molar-refractivity contribution in [2.45, 2.75) is 25.7 Å². The number of hydrogen-bond acceptors (Lipinski definition) is 3. The maximum Gasteiger partial charge on any atom is 0.243 e. The fourth-order valence-electron chi connectivity index (χ4n) is 1.57. The lowest BCUT2D eigenvalue weighted by molar-refractivity contribution is -0.131. The molecule has 1 aromatic carbocycles. The van der Waals surface area contributed by atoms with Crippen LogP contribution < -0.4 is 10.2 Å². The maximum absolute atomic E-state index is 11.1. The van der Waals surface area contributed by atoms with Gasteiger partial charge in [-0.2, -0.15) is 0 Å². The Hall–Kier alpha value is -1.55. The van der Waals surface area contributed by atoms with Gasteiger partial charge in [0.25, 0.3) is 0 Å². The van der Waals surface area contributed by atoms with Crippen LogP contribution in [-0.4, -0.2) is 20.1 Å². The predicted octanol–water partition coefficient (Wildman–Crippen LogP) is 2.09. The fourth-order valence-corrected chi connectivity index (χ4v) is 1.57. The molecule has 0 aromatic heterocycles. The molecule has 0 aliphatic rings. The van der Waals surface area contributed by atoms with Gasteiger partial charge >= 0.3 is 0 Å². The first kappa shape index (κ1) is 13.5. The summed E-state index contributed by atoms with van der Waals surface area (Å²) in [5.74, 6) is 0.801. The number of carbonyl (C=O) groups is 1. The summed E-state index contributed by atoms with van der Waals surface area (Å²) in [5, 5.41) is 0. The van der Waals surface area contributed by atoms with Gasteiger partial charge in [-0.3, -0.25) is 9.63 Å². The van der Waals surface area contributed by atoms with Gasteiger partial charge in [-0.25, -0.2) is 5.48 Å². The normalized spacial score (nSPS) is 10.0. The van der Waals surface area contributed by atoms with Crippen molar-refractivity contribution in [2.75, 3.05) is 14.2 Å². The number of benzene rings is 1. The first-order valence-corrected chi connectivity index (χ1v) is 5.71. The number of carbonyl (C=O) groups excluding carboxylic acids is 1. The molecule has 0 saturated carbocycles. The number of hydroxylamine groups is 1. The van der Waals surface area contributed by atoms with Crippen LogP contribution in [0.1, 0.15) is 24.8 Å². The van der Waals surface area contributed by atoms with Gasteiger partial charge in [0.2, 0.25) is 5.91 Å². The number of nitrogens with one attached hydrogen (secondary N) is 1. The van der Waals surface area contributed by atoms with E-state index in [-0.39, 0.29) is 5.91 Å². The van der Waals surface area contributed by atoms with Crippen LogP contribution in [0, 0.1) is 0 Å². The number of aryl methyl sites for hydroxylation is 1. The number of unbranched alkanes of at least 4 members (excludes halogenated alkanes) is 1. The van der Waals surface area contributed by atoms with Crippen LogP contribution in [-0.2, 0) is 16.1 Å². The molecule has 0 heterocycles. The van der Waals surface area contributed by atoms with Crippen molar-refractivity contribution in [2.24, 2.45) is 0 Å². The summed E-state index contributed by atoms with van der Waals surface area (Å²) in [4.78, 5) is 15.6. The first-order valence-electron chi connectivity index (χ1n) is 5.71. The van der Waals surface area contributed by atoms with Crippen molar-refractivity contribution in [3.8, 4) is 5.75 Å². The third kappa shape index (κ3) is 5.36. The van der Waals surface area contributed by atoms with E-state index in [2.05, 4.69) is 10.3 Å². The summed E-state index contributed by atoms with van der Waals surface area (Å²) < 4.78 is 5.09. The third-order valence-electron chi connectivity index (χ3n) is 2.49. The number of amides is 1. The molecule has 0 bridgehead atoms. The van der Waals surface area contributed by atoms with Crippen LogP contribution in [0.3, 0.4) is 0 Å². The predicted molar refractivity (Wildman–Crippen MR) is 65.7 cm³/mol. The second-order valence-electron chi connectivity index (χ2n) is 3.78. The van der Waals surface area contributed by atoms with E-state index < -0.39 is 0 Å². The quantitative estimate of drug-likeness (QED) is 0.583. The molecule has 0 radical (unpaired) electrons. The molecule has 4 nitrogen and oxygen atoms in total. The average Bonchev–Trinajstić information content (AvgIpc) is 2.36. The van der Waals surface area contributed by atoms with Gasteiger partial charge in [0, 0.05) is 6.42 Å². The zero-order valence-electron chi connectivity index (χ0n) is 10.4. The van der Waals surface area contributed by atoms with E-state index in [1.165, 1.54) is 12.7 Å². The van der Waals surface area contributed by atoms with Crippen LogP contribution in [0.25, 0.3) is 0 Å². The highest BCUT2D eigenvalue weighted by Crippen LogP contribution is 2.13. The molecular weight excluding hydrogens is 218 g/mol. The second-order valence-corrected chi connectivity index (χ2v) is 3.78. The Morgan fingerprint density at radius 3 is 2.47 bits per heavy atom. The first-order chi connectivity index (χ1) is 8.26. The molecule has 1 aromatic rings. The maximum atomic E-state index is 11.1. The van der Waals surface area contributed by atoms with Crippen LogP contribution in [0.15, 0.2) is 24.3 Å². The van der Waals surface area contributed by atoms with Gasteiger partial charge < -0.3 is 4.74 Å². The number of rotatable bonds is 7. The van der Waals surface area contributed by atoms with E-state index >= 15 is 0 Å².